The summed E-state index contributed by atoms with van der Waals surface area (Å²) < 4.78 is 19.3. The maximum Gasteiger partial charge on any atom is 0.184 e. The van der Waals surface area contributed by atoms with Gasteiger partial charge >= 0.3 is 0 Å². The number of hydrogen-bond acceptors (Lipinski definition) is 3. The fourth-order valence-electron chi connectivity index (χ4n) is 1.28. The molecular formula is C13H18FN3OS. The molecule has 1 rings (SSSR count). The van der Waals surface area contributed by atoms with E-state index < -0.39 is 0 Å². The molecule has 1 aromatic rings. The van der Waals surface area contributed by atoms with Crippen LogP contribution < -0.4 is 11.2 Å². The summed E-state index contributed by atoms with van der Waals surface area (Å²) in [5, 5.41) is 3.83. The Bertz CT molecular complexity index is 465. The van der Waals surface area contributed by atoms with E-state index in [1.807, 2.05) is 13.8 Å². The zero-order valence-electron chi connectivity index (χ0n) is 11.0. The van der Waals surface area contributed by atoms with Crippen LogP contribution in [0.15, 0.2) is 23.3 Å². The first-order valence-electron chi connectivity index (χ1n) is 6.01. The molecule has 0 heterocycles. The average Bonchev–Trinajstić information content (AvgIpc) is 2.37. The van der Waals surface area contributed by atoms with Crippen molar-refractivity contribution in [2.75, 3.05) is 0 Å². The summed E-state index contributed by atoms with van der Waals surface area (Å²) in [6.45, 7) is 4.25. The molecule has 0 saturated heterocycles. The SMILES string of the molecule is CCC(C)OCc1ccc(C=NNC(N)=S)cc1F. The van der Waals surface area contributed by atoms with Gasteiger partial charge in [-0.05, 0) is 37.2 Å². The fourth-order valence-corrected chi connectivity index (χ4v) is 1.33. The van der Waals surface area contributed by atoms with Crippen LogP contribution in [-0.2, 0) is 11.3 Å². The Hall–Kier alpha value is -1.53. The molecule has 1 aromatic carbocycles. The van der Waals surface area contributed by atoms with Crippen molar-refractivity contribution in [3.63, 3.8) is 0 Å². The summed E-state index contributed by atoms with van der Waals surface area (Å²) in [5.41, 5.74) is 8.76. The first-order valence-corrected chi connectivity index (χ1v) is 6.42. The van der Waals surface area contributed by atoms with E-state index in [2.05, 4.69) is 22.7 Å². The number of halogens is 1. The van der Waals surface area contributed by atoms with Gasteiger partial charge in [0.1, 0.15) is 5.82 Å². The number of nitrogens with zero attached hydrogens (tertiary/aromatic N) is 1. The van der Waals surface area contributed by atoms with Crippen molar-refractivity contribution in [1.29, 1.82) is 0 Å². The van der Waals surface area contributed by atoms with Crippen molar-refractivity contribution in [3.05, 3.63) is 35.1 Å². The van der Waals surface area contributed by atoms with Gasteiger partial charge in [-0.15, -0.1) is 0 Å². The van der Waals surface area contributed by atoms with Crippen LogP contribution in [0.4, 0.5) is 4.39 Å². The Morgan fingerprint density at radius 2 is 2.37 bits per heavy atom. The quantitative estimate of drug-likeness (QED) is 0.478. The van der Waals surface area contributed by atoms with Crippen LogP contribution >= 0.6 is 12.2 Å². The van der Waals surface area contributed by atoms with Crippen LogP contribution in [0.2, 0.25) is 0 Å². The van der Waals surface area contributed by atoms with E-state index in [1.165, 1.54) is 12.3 Å². The Morgan fingerprint density at radius 1 is 1.63 bits per heavy atom. The summed E-state index contributed by atoms with van der Waals surface area (Å²) in [5.74, 6) is -0.317. The number of nitrogens with two attached hydrogens (primary N) is 1. The van der Waals surface area contributed by atoms with Crippen LogP contribution in [0.1, 0.15) is 31.4 Å². The van der Waals surface area contributed by atoms with Gasteiger partial charge < -0.3 is 10.5 Å². The van der Waals surface area contributed by atoms with Gasteiger partial charge in [0.25, 0.3) is 0 Å². The van der Waals surface area contributed by atoms with Gasteiger partial charge in [-0.3, -0.25) is 5.43 Å². The molecule has 3 N–H and O–H groups in total. The Balaban J connectivity index is 2.63. The summed E-state index contributed by atoms with van der Waals surface area (Å²) in [6.07, 6.45) is 2.47. The predicted octanol–water partition coefficient (Wildman–Crippen LogP) is 2.31. The molecule has 0 aromatic heterocycles. The maximum absolute atomic E-state index is 13.8. The summed E-state index contributed by atoms with van der Waals surface area (Å²) in [6, 6.07) is 4.82. The third-order valence-corrected chi connectivity index (χ3v) is 2.66. The second-order valence-corrected chi connectivity index (χ2v) is 4.55. The molecule has 0 saturated carbocycles. The Kier molecular flexibility index (Phi) is 6.38. The standard InChI is InChI=1S/C13H18FN3OS/c1-3-9(2)18-8-11-5-4-10(6-12(11)14)7-16-17-13(15)19/h4-7,9H,3,8H2,1-2H3,(H3,15,17,19). The zero-order chi connectivity index (χ0) is 14.3. The zero-order valence-corrected chi connectivity index (χ0v) is 11.8. The maximum atomic E-state index is 13.8. The largest absolute Gasteiger partial charge is 0.375 e. The van der Waals surface area contributed by atoms with Gasteiger partial charge in [-0.1, -0.05) is 19.1 Å². The molecule has 0 radical (unpaired) electrons. The second-order valence-electron chi connectivity index (χ2n) is 4.11. The van der Waals surface area contributed by atoms with Crippen LogP contribution in [0.5, 0.6) is 0 Å². The van der Waals surface area contributed by atoms with Crippen molar-refractivity contribution in [1.82, 2.24) is 5.43 Å². The van der Waals surface area contributed by atoms with Gasteiger partial charge in [0, 0.05) is 5.56 Å². The fraction of sp³-hybridized carbons (Fsp3) is 0.385. The normalized spacial score (nSPS) is 12.6. The first-order chi connectivity index (χ1) is 9.02. The minimum absolute atomic E-state index is 0.0651. The van der Waals surface area contributed by atoms with Crippen LogP contribution in [0.25, 0.3) is 0 Å². The first kappa shape index (κ1) is 15.5. The molecule has 1 unspecified atom stereocenters. The average molecular weight is 283 g/mol. The van der Waals surface area contributed by atoms with Crippen molar-refractivity contribution < 1.29 is 9.13 Å². The van der Waals surface area contributed by atoms with Gasteiger partial charge in [0.05, 0.1) is 18.9 Å². The van der Waals surface area contributed by atoms with E-state index in [0.717, 1.165) is 6.42 Å². The molecule has 0 aliphatic rings. The highest BCUT2D eigenvalue weighted by Gasteiger charge is 2.05. The van der Waals surface area contributed by atoms with E-state index in [1.54, 1.807) is 12.1 Å². The number of rotatable bonds is 6. The van der Waals surface area contributed by atoms with Crippen molar-refractivity contribution in [2.45, 2.75) is 33.0 Å². The molecule has 0 amide bonds. The van der Waals surface area contributed by atoms with Gasteiger partial charge in [-0.25, -0.2) is 4.39 Å². The van der Waals surface area contributed by atoms with Crippen molar-refractivity contribution in [3.8, 4) is 0 Å². The Morgan fingerprint density at radius 3 is 2.95 bits per heavy atom. The van der Waals surface area contributed by atoms with Gasteiger partial charge in [0.15, 0.2) is 5.11 Å². The molecule has 0 bridgehead atoms. The third kappa shape index (κ3) is 5.76. The second kappa shape index (κ2) is 7.81. The lowest BCUT2D eigenvalue weighted by atomic mass is 10.1. The van der Waals surface area contributed by atoms with E-state index in [9.17, 15) is 4.39 Å². The monoisotopic (exact) mass is 283 g/mol. The van der Waals surface area contributed by atoms with Crippen molar-refractivity contribution >= 4 is 23.5 Å². The lowest BCUT2D eigenvalue weighted by molar-refractivity contribution is 0.0492. The highest BCUT2D eigenvalue weighted by atomic mass is 32.1. The van der Waals surface area contributed by atoms with Gasteiger partial charge in [0.2, 0.25) is 0 Å². The molecular weight excluding hydrogens is 265 g/mol. The lowest BCUT2D eigenvalue weighted by Crippen LogP contribution is -2.24. The summed E-state index contributed by atoms with van der Waals surface area (Å²) >= 11 is 4.59. The predicted molar refractivity (Wildman–Crippen MR) is 78.5 cm³/mol. The third-order valence-electron chi connectivity index (χ3n) is 2.56. The molecule has 4 nitrogen and oxygen atoms in total. The highest BCUT2D eigenvalue weighted by Crippen LogP contribution is 2.12. The van der Waals surface area contributed by atoms with Gasteiger partial charge in [-0.2, -0.15) is 5.10 Å². The molecule has 19 heavy (non-hydrogen) atoms. The molecule has 6 heteroatoms. The van der Waals surface area contributed by atoms with E-state index >= 15 is 0 Å². The number of hydrazone groups is 1. The summed E-state index contributed by atoms with van der Waals surface area (Å²) in [7, 11) is 0. The minimum atomic E-state index is -0.317. The van der Waals surface area contributed by atoms with E-state index in [0.29, 0.717) is 11.1 Å². The van der Waals surface area contributed by atoms with Crippen LogP contribution in [-0.4, -0.2) is 17.4 Å². The number of nitrogens with one attached hydrogen (secondary N) is 1. The van der Waals surface area contributed by atoms with Crippen LogP contribution in [0, 0.1) is 5.82 Å². The molecule has 0 aliphatic carbocycles. The molecule has 0 spiro atoms. The molecule has 0 fully saturated rings. The molecule has 1 atom stereocenters. The summed E-state index contributed by atoms with van der Waals surface area (Å²) in [4.78, 5) is 0. The lowest BCUT2D eigenvalue weighted by Gasteiger charge is -2.11. The highest BCUT2D eigenvalue weighted by molar-refractivity contribution is 7.80. The number of ether oxygens (including phenoxy) is 1. The van der Waals surface area contributed by atoms with E-state index in [-0.39, 0.29) is 23.6 Å². The minimum Gasteiger partial charge on any atom is -0.375 e. The Labute approximate surface area is 117 Å². The number of hydrogen-bond donors (Lipinski definition) is 2. The molecule has 104 valence electrons. The van der Waals surface area contributed by atoms with E-state index in [4.69, 9.17) is 10.5 Å². The number of thiocarbonyl (C=S) groups is 1. The van der Waals surface area contributed by atoms with Crippen LogP contribution in [0.3, 0.4) is 0 Å². The van der Waals surface area contributed by atoms with Crippen molar-refractivity contribution in [2.24, 2.45) is 10.8 Å². The molecule has 0 aliphatic heterocycles. The topological polar surface area (TPSA) is 59.6 Å². The number of benzene rings is 1. The smallest absolute Gasteiger partial charge is 0.184 e.